The zero-order valence-corrected chi connectivity index (χ0v) is 18.1. The van der Waals surface area contributed by atoms with Gasteiger partial charge in [-0.05, 0) is 60.2 Å². The Bertz CT molecular complexity index is 805. The van der Waals surface area contributed by atoms with E-state index in [0.717, 1.165) is 43.7 Å². The summed E-state index contributed by atoms with van der Waals surface area (Å²) in [5.41, 5.74) is 0.0935. The van der Waals surface area contributed by atoms with Gasteiger partial charge in [0.05, 0.1) is 31.8 Å². The van der Waals surface area contributed by atoms with Crippen LogP contribution in [-0.4, -0.2) is 31.1 Å². The highest BCUT2D eigenvalue weighted by molar-refractivity contribution is 6.16. The van der Waals surface area contributed by atoms with Crippen LogP contribution in [-0.2, 0) is 12.4 Å². The van der Waals surface area contributed by atoms with Crippen LogP contribution in [0.15, 0.2) is 54.6 Å². The van der Waals surface area contributed by atoms with Crippen LogP contribution in [0.4, 0.5) is 26.3 Å². The Morgan fingerprint density at radius 1 is 0.774 bits per heavy atom. The zero-order chi connectivity index (χ0) is 23.3. The first kappa shape index (κ1) is 25.3. The summed E-state index contributed by atoms with van der Waals surface area (Å²) in [6, 6.07) is 9.79. The molecule has 2 aromatic rings. The molecule has 0 aromatic heterocycles. The number of hydrogen-bond acceptors (Lipinski definition) is 0. The number of alkyl halides is 7. The molecule has 0 spiro atoms. The second-order valence-corrected chi connectivity index (χ2v) is 8.28. The van der Waals surface area contributed by atoms with Gasteiger partial charge in [-0.15, -0.1) is 0 Å². The quantitative estimate of drug-likeness (QED) is 0.124. The van der Waals surface area contributed by atoms with Gasteiger partial charge in [0.25, 0.3) is 0 Å². The minimum atomic E-state index is -4.45. The molecule has 0 saturated carbocycles. The highest BCUT2D eigenvalue weighted by Crippen LogP contribution is 2.33. The number of hydrogen-bond donors (Lipinski definition) is 0. The average molecular weight is 465 g/mol. The summed E-state index contributed by atoms with van der Waals surface area (Å²) >= 11 is 5.91. The van der Waals surface area contributed by atoms with Crippen molar-refractivity contribution in [1.29, 1.82) is 0 Å². The molecule has 0 heterocycles. The molecule has 0 saturated heterocycles. The van der Waals surface area contributed by atoms with Crippen molar-refractivity contribution in [3.05, 3.63) is 76.9 Å². The third-order valence-electron chi connectivity index (χ3n) is 4.94. The van der Waals surface area contributed by atoms with Crippen LogP contribution in [0.2, 0.25) is 0 Å². The van der Waals surface area contributed by atoms with Gasteiger partial charge < -0.3 is 4.48 Å². The number of benzene rings is 2. The van der Waals surface area contributed by atoms with E-state index in [-0.39, 0.29) is 0 Å². The molecule has 8 heteroatoms. The van der Waals surface area contributed by atoms with Gasteiger partial charge in [0.15, 0.2) is 6.00 Å². The van der Waals surface area contributed by atoms with Crippen LogP contribution < -0.4 is 0 Å². The van der Waals surface area contributed by atoms with Crippen molar-refractivity contribution >= 4 is 17.2 Å². The molecule has 0 bridgehead atoms. The maximum Gasteiger partial charge on any atom is 0.416 e. The van der Waals surface area contributed by atoms with E-state index in [0.29, 0.717) is 33.6 Å². The lowest BCUT2D eigenvalue weighted by molar-refractivity contribution is -0.879. The molecule has 0 fully saturated rings. The van der Waals surface area contributed by atoms with E-state index in [1.54, 1.807) is 0 Å². The Labute approximate surface area is 183 Å². The number of allylic oxidation sites excluding steroid dienone is 1. The van der Waals surface area contributed by atoms with Crippen molar-refractivity contribution in [3.8, 4) is 0 Å². The Kier molecular flexibility index (Phi) is 8.22. The molecule has 1 nitrogen and oxygen atoms in total. The molecular weight excluding hydrogens is 440 g/mol. The molecule has 2 rings (SSSR count). The van der Waals surface area contributed by atoms with Crippen LogP contribution in [0.1, 0.15) is 41.5 Å². The number of rotatable bonds is 8. The first-order valence-corrected chi connectivity index (χ1v) is 10.3. The molecular formula is C23H25ClF6N+. The van der Waals surface area contributed by atoms with Crippen molar-refractivity contribution in [3.63, 3.8) is 0 Å². The Balaban J connectivity index is 2.27. The predicted octanol–water partition coefficient (Wildman–Crippen LogP) is 7.60. The predicted molar refractivity (Wildman–Crippen MR) is 112 cm³/mol. The molecule has 0 atom stereocenters. The maximum absolute atomic E-state index is 12.9. The molecule has 2 aromatic carbocycles. The molecule has 0 radical (unpaired) electrons. The highest BCUT2D eigenvalue weighted by atomic mass is 35.5. The maximum atomic E-state index is 12.9. The summed E-state index contributed by atoms with van der Waals surface area (Å²) in [7, 11) is 4.03. The Morgan fingerprint density at radius 2 is 1.19 bits per heavy atom. The van der Waals surface area contributed by atoms with E-state index in [9.17, 15) is 26.3 Å². The van der Waals surface area contributed by atoms with Gasteiger partial charge in [-0.2, -0.15) is 26.3 Å². The largest absolute Gasteiger partial charge is 0.416 e. The van der Waals surface area contributed by atoms with Crippen LogP contribution in [0.5, 0.6) is 0 Å². The number of nitrogens with zero attached hydrogens (tertiary/aromatic N) is 1. The normalized spacial score (nSPS) is 12.7. The fourth-order valence-electron chi connectivity index (χ4n) is 3.07. The second kappa shape index (κ2) is 10.1. The van der Waals surface area contributed by atoms with Crippen LogP contribution >= 0.6 is 11.6 Å². The summed E-state index contributed by atoms with van der Waals surface area (Å²) < 4.78 is 77.9. The van der Waals surface area contributed by atoms with Gasteiger partial charge in [0, 0.05) is 0 Å². The molecule has 0 aliphatic heterocycles. The fraction of sp³-hybridized carbons (Fsp3) is 0.391. The number of halogens is 7. The first-order chi connectivity index (χ1) is 14.3. The average Bonchev–Trinajstić information content (AvgIpc) is 2.69. The van der Waals surface area contributed by atoms with Crippen LogP contribution in [0, 0.1) is 0 Å². The molecule has 0 N–H and O–H groups in total. The lowest BCUT2D eigenvalue weighted by Gasteiger charge is -2.26. The summed E-state index contributed by atoms with van der Waals surface area (Å²) in [6.45, 7) is 0.868. The monoisotopic (exact) mass is 464 g/mol. The molecule has 31 heavy (non-hydrogen) atoms. The third kappa shape index (κ3) is 7.58. The molecule has 0 unspecified atom stereocenters. The SMILES string of the molecule is C[N+](C)(CCl)CCCCC=C(c1ccc(C(F)(F)F)cc1)c1ccc(C(F)(F)F)cc1. The zero-order valence-electron chi connectivity index (χ0n) is 17.3. The Hall–Kier alpha value is -1.99. The van der Waals surface area contributed by atoms with Crippen molar-refractivity contribution in [2.75, 3.05) is 26.6 Å². The van der Waals surface area contributed by atoms with E-state index in [1.165, 1.54) is 24.3 Å². The molecule has 0 amide bonds. The van der Waals surface area contributed by atoms with E-state index in [4.69, 9.17) is 11.6 Å². The van der Waals surface area contributed by atoms with E-state index < -0.39 is 23.5 Å². The number of unbranched alkanes of at least 4 members (excludes halogenated alkanes) is 2. The van der Waals surface area contributed by atoms with Crippen LogP contribution in [0.3, 0.4) is 0 Å². The first-order valence-electron chi connectivity index (χ1n) is 9.77. The third-order valence-corrected chi connectivity index (χ3v) is 5.58. The molecule has 0 aliphatic carbocycles. The second-order valence-electron chi connectivity index (χ2n) is 8.04. The molecule has 0 aliphatic rings. The molecule has 170 valence electrons. The fourth-order valence-corrected chi connectivity index (χ4v) is 3.19. The summed E-state index contributed by atoms with van der Waals surface area (Å²) in [6.07, 6.45) is -4.69. The summed E-state index contributed by atoms with van der Waals surface area (Å²) in [5.74, 6) is 0. The highest BCUT2D eigenvalue weighted by Gasteiger charge is 2.31. The van der Waals surface area contributed by atoms with E-state index in [1.807, 2.05) is 20.2 Å². The van der Waals surface area contributed by atoms with Gasteiger partial charge in [-0.25, -0.2) is 0 Å². The van der Waals surface area contributed by atoms with Crippen molar-refractivity contribution in [1.82, 2.24) is 0 Å². The van der Waals surface area contributed by atoms with Crippen molar-refractivity contribution < 1.29 is 30.8 Å². The number of quaternary nitrogens is 1. The lowest BCUT2D eigenvalue weighted by Crippen LogP contribution is -2.38. The van der Waals surface area contributed by atoms with Gasteiger partial charge in [0.2, 0.25) is 0 Å². The minimum Gasteiger partial charge on any atom is -0.316 e. The van der Waals surface area contributed by atoms with E-state index >= 15 is 0 Å². The lowest BCUT2D eigenvalue weighted by atomic mass is 9.94. The van der Waals surface area contributed by atoms with E-state index in [2.05, 4.69) is 0 Å². The minimum absolute atomic E-state index is 0.484. The van der Waals surface area contributed by atoms with Gasteiger partial charge in [-0.3, -0.25) is 0 Å². The van der Waals surface area contributed by atoms with Gasteiger partial charge in [0.1, 0.15) is 0 Å². The van der Waals surface area contributed by atoms with Gasteiger partial charge in [-0.1, -0.05) is 41.9 Å². The van der Waals surface area contributed by atoms with Crippen molar-refractivity contribution in [2.24, 2.45) is 0 Å². The Morgan fingerprint density at radius 3 is 1.55 bits per heavy atom. The van der Waals surface area contributed by atoms with Crippen molar-refractivity contribution in [2.45, 2.75) is 31.6 Å². The summed E-state index contributed by atoms with van der Waals surface area (Å²) in [5, 5.41) is 0. The van der Waals surface area contributed by atoms with Crippen LogP contribution in [0.25, 0.3) is 5.57 Å². The standard InChI is InChI=1S/C23H25ClF6N/c1-31(2,16-24)15-5-3-4-6-21(17-7-11-19(12-8-17)22(25,26)27)18-9-13-20(14-10-18)23(28,29)30/h6-14H,3-5,15-16H2,1-2H3/q+1. The smallest absolute Gasteiger partial charge is 0.316 e. The topological polar surface area (TPSA) is 0 Å². The van der Waals surface area contributed by atoms with Gasteiger partial charge >= 0.3 is 12.4 Å². The summed E-state index contributed by atoms with van der Waals surface area (Å²) in [4.78, 5) is 0.